The van der Waals surface area contributed by atoms with Gasteiger partial charge >= 0.3 is 0 Å². The molecule has 170 valence electrons. The monoisotopic (exact) mass is 442 g/mol. The van der Waals surface area contributed by atoms with Gasteiger partial charge in [0, 0.05) is 30.2 Å². The maximum Gasteiger partial charge on any atom is 0.182 e. The third-order valence-electron chi connectivity index (χ3n) is 9.47. The minimum Gasteiger partial charge on any atom is -0.373 e. The van der Waals surface area contributed by atoms with Gasteiger partial charge in [-0.1, -0.05) is 0 Å². The molecule has 0 amide bonds. The Labute approximate surface area is 193 Å². The van der Waals surface area contributed by atoms with E-state index in [-0.39, 0.29) is 12.0 Å². The first kappa shape index (κ1) is 19.0. The van der Waals surface area contributed by atoms with Crippen LogP contribution in [0.3, 0.4) is 0 Å². The number of hydrogen-bond acceptors (Lipinski definition) is 6. The van der Waals surface area contributed by atoms with E-state index in [2.05, 4.69) is 22.9 Å². The Morgan fingerprint density at radius 2 is 1.76 bits per heavy atom. The van der Waals surface area contributed by atoms with Gasteiger partial charge in [0.05, 0.1) is 35.4 Å². The molecule has 5 aliphatic rings. The van der Waals surface area contributed by atoms with Crippen molar-refractivity contribution in [1.82, 2.24) is 29.7 Å². The molecule has 7 nitrogen and oxygen atoms in total. The van der Waals surface area contributed by atoms with Crippen LogP contribution in [-0.2, 0) is 4.74 Å². The second-order valence-corrected chi connectivity index (χ2v) is 11.3. The zero-order valence-corrected chi connectivity index (χ0v) is 19.3. The van der Waals surface area contributed by atoms with Gasteiger partial charge < -0.3 is 4.74 Å². The van der Waals surface area contributed by atoms with Crippen molar-refractivity contribution < 1.29 is 4.74 Å². The fourth-order valence-electron chi connectivity index (χ4n) is 7.29. The van der Waals surface area contributed by atoms with E-state index < -0.39 is 0 Å². The van der Waals surface area contributed by atoms with E-state index >= 15 is 0 Å². The molecule has 0 N–H and O–H groups in total. The molecular formula is C26H30N6O. The van der Waals surface area contributed by atoms with Gasteiger partial charge in [-0.15, -0.1) is 0 Å². The van der Waals surface area contributed by atoms with E-state index in [9.17, 15) is 0 Å². The molecule has 4 aliphatic carbocycles. The van der Waals surface area contributed by atoms with E-state index in [1.807, 2.05) is 13.1 Å². The summed E-state index contributed by atoms with van der Waals surface area (Å²) in [5.41, 5.74) is 6.09. The lowest BCUT2D eigenvalue weighted by atomic mass is 9.32. The third-order valence-corrected chi connectivity index (χ3v) is 9.47. The van der Waals surface area contributed by atoms with E-state index in [1.54, 1.807) is 0 Å². The zero-order chi connectivity index (χ0) is 21.8. The number of rotatable bonds is 4. The lowest BCUT2D eigenvalue weighted by Crippen LogP contribution is -2.66. The first-order valence-electron chi connectivity index (χ1n) is 12.8. The average Bonchev–Trinajstić information content (AvgIpc) is 3.55. The molecule has 5 fully saturated rings. The summed E-state index contributed by atoms with van der Waals surface area (Å²) in [6, 6.07) is 0.596. The Kier molecular flexibility index (Phi) is 3.78. The zero-order valence-electron chi connectivity index (χ0n) is 19.3. The Bertz CT molecular complexity index is 1270. The molecule has 4 heterocycles. The predicted molar refractivity (Wildman–Crippen MR) is 122 cm³/mol. The highest BCUT2D eigenvalue weighted by Gasteiger charge is 2.68. The quantitative estimate of drug-likeness (QED) is 0.589. The van der Waals surface area contributed by atoms with Gasteiger partial charge in [-0.2, -0.15) is 5.10 Å². The van der Waals surface area contributed by atoms with Crippen LogP contribution in [0.25, 0.3) is 11.2 Å². The van der Waals surface area contributed by atoms with Gasteiger partial charge in [0.15, 0.2) is 5.65 Å². The minimum absolute atomic E-state index is 0.0666. The van der Waals surface area contributed by atoms with Crippen LogP contribution in [0, 0.1) is 37.5 Å². The van der Waals surface area contributed by atoms with Crippen molar-refractivity contribution in [3.05, 3.63) is 40.9 Å². The molecule has 3 aromatic heterocycles. The third kappa shape index (κ3) is 2.69. The van der Waals surface area contributed by atoms with E-state index in [4.69, 9.17) is 24.7 Å². The minimum atomic E-state index is 0.0666. The van der Waals surface area contributed by atoms with E-state index in [0.29, 0.717) is 12.0 Å². The van der Waals surface area contributed by atoms with Crippen LogP contribution >= 0.6 is 0 Å². The molecule has 4 atom stereocenters. The number of aromatic nitrogens is 6. The van der Waals surface area contributed by atoms with E-state index in [0.717, 1.165) is 71.5 Å². The van der Waals surface area contributed by atoms with Crippen molar-refractivity contribution in [1.29, 1.82) is 0 Å². The molecule has 0 spiro atoms. The van der Waals surface area contributed by atoms with Gasteiger partial charge in [-0.05, 0) is 76.0 Å². The number of ether oxygens (including phenoxy) is 1. The predicted octanol–water partition coefficient (Wildman–Crippen LogP) is 4.57. The fourth-order valence-corrected chi connectivity index (χ4v) is 7.29. The summed E-state index contributed by atoms with van der Waals surface area (Å²) in [4.78, 5) is 20.2. The number of nitrogens with zero attached hydrogens (tertiary/aromatic N) is 6. The van der Waals surface area contributed by atoms with Crippen LogP contribution in [-0.4, -0.2) is 36.3 Å². The van der Waals surface area contributed by atoms with Gasteiger partial charge in [-0.25, -0.2) is 19.9 Å². The Balaban J connectivity index is 1.16. The summed E-state index contributed by atoms with van der Waals surface area (Å²) in [7, 11) is 0. The lowest BCUT2D eigenvalue weighted by molar-refractivity contribution is -0.214. The summed E-state index contributed by atoms with van der Waals surface area (Å²) in [5, 5.41) is 4.59. The van der Waals surface area contributed by atoms with Crippen molar-refractivity contribution >= 4 is 11.2 Å². The SMILES string of the molecule is Cc1nc2nc(C3CCOC(c4cnn(C5CC5)c4)C3)nc(C3C4CC5CC3C54)c2nc1C. The first-order valence-corrected chi connectivity index (χ1v) is 12.8. The second kappa shape index (κ2) is 6.59. The molecule has 0 radical (unpaired) electrons. The Hall–Kier alpha value is -2.41. The van der Waals surface area contributed by atoms with Gasteiger partial charge in [0.1, 0.15) is 11.3 Å². The molecule has 8 rings (SSSR count). The fraction of sp³-hybridized carbons (Fsp3) is 0.654. The van der Waals surface area contributed by atoms with Gasteiger partial charge in [0.2, 0.25) is 0 Å². The van der Waals surface area contributed by atoms with Gasteiger partial charge in [0.25, 0.3) is 0 Å². The molecule has 4 unspecified atom stereocenters. The normalized spacial score (nSPS) is 36.6. The summed E-state index contributed by atoms with van der Waals surface area (Å²) in [6.07, 6.45) is 11.4. The molecule has 1 saturated heterocycles. The van der Waals surface area contributed by atoms with Crippen molar-refractivity contribution in [2.24, 2.45) is 23.7 Å². The van der Waals surface area contributed by atoms with Crippen molar-refractivity contribution in [3.63, 3.8) is 0 Å². The smallest absolute Gasteiger partial charge is 0.182 e. The van der Waals surface area contributed by atoms with Crippen LogP contribution in [0.4, 0.5) is 0 Å². The average molecular weight is 443 g/mol. The molecule has 0 aromatic carbocycles. The highest BCUT2D eigenvalue weighted by molar-refractivity contribution is 5.74. The number of hydrogen-bond donors (Lipinski definition) is 0. The summed E-state index contributed by atoms with van der Waals surface area (Å²) >= 11 is 0. The van der Waals surface area contributed by atoms with Crippen molar-refractivity contribution in [2.45, 2.75) is 76.4 Å². The van der Waals surface area contributed by atoms with Crippen molar-refractivity contribution in [3.8, 4) is 0 Å². The Morgan fingerprint density at radius 1 is 0.939 bits per heavy atom. The molecule has 1 aliphatic heterocycles. The maximum absolute atomic E-state index is 6.19. The highest BCUT2D eigenvalue weighted by Crippen LogP contribution is 2.75. The standard InChI is InChI=1S/C26H30N6O/c1-12-13(2)29-26-24(28-12)23(22-18-7-15-8-19(22)21(15)18)30-25(31-26)14-5-6-33-20(9-14)16-10-27-32(11-16)17-3-4-17/h10-11,14-15,17-22H,3-9H2,1-2H3. The van der Waals surface area contributed by atoms with Gasteiger partial charge in [-0.3, -0.25) is 4.68 Å². The topological polar surface area (TPSA) is 78.6 Å². The van der Waals surface area contributed by atoms with Crippen LogP contribution in [0.1, 0.15) is 91.0 Å². The van der Waals surface area contributed by atoms with Crippen LogP contribution in [0.5, 0.6) is 0 Å². The highest BCUT2D eigenvalue weighted by atomic mass is 16.5. The maximum atomic E-state index is 6.19. The summed E-state index contributed by atoms with van der Waals surface area (Å²) in [6.45, 7) is 4.82. The Morgan fingerprint density at radius 3 is 2.52 bits per heavy atom. The molecule has 0 bridgehead atoms. The molecular weight excluding hydrogens is 412 g/mol. The molecule has 4 saturated carbocycles. The molecule has 33 heavy (non-hydrogen) atoms. The van der Waals surface area contributed by atoms with Crippen LogP contribution in [0.15, 0.2) is 12.4 Å². The van der Waals surface area contributed by atoms with Crippen LogP contribution in [0.2, 0.25) is 0 Å². The molecule has 3 aromatic rings. The second-order valence-electron chi connectivity index (χ2n) is 11.3. The van der Waals surface area contributed by atoms with Crippen molar-refractivity contribution in [2.75, 3.05) is 6.61 Å². The largest absolute Gasteiger partial charge is 0.373 e. The summed E-state index contributed by atoms with van der Waals surface area (Å²) < 4.78 is 8.30. The lowest BCUT2D eigenvalue weighted by Gasteiger charge is -2.72. The number of fused-ring (bicyclic) bond motifs is 1. The van der Waals surface area contributed by atoms with Crippen LogP contribution < -0.4 is 0 Å². The first-order chi connectivity index (χ1) is 16.1. The summed E-state index contributed by atoms with van der Waals surface area (Å²) in [5.74, 6) is 5.42. The molecule has 7 heteroatoms. The number of aryl methyl sites for hydroxylation is 2. The van der Waals surface area contributed by atoms with E-state index in [1.165, 1.54) is 36.9 Å².